The fraction of sp³-hybridized carbons (Fsp3) is 0.727. The number of nitrogens with two attached hydrogens (primary N) is 1. The van der Waals surface area contributed by atoms with Crippen molar-refractivity contribution < 1.29 is 9.79 Å². The summed E-state index contributed by atoms with van der Waals surface area (Å²) < 4.78 is 3.94. The fourth-order valence-corrected chi connectivity index (χ4v) is 1.37. The molecule has 0 saturated heterocycles. The highest BCUT2D eigenvalue weighted by Crippen LogP contribution is 2.19. The van der Waals surface area contributed by atoms with Gasteiger partial charge in [0.15, 0.2) is 13.2 Å². The highest BCUT2D eigenvalue weighted by molar-refractivity contribution is 4.99. The monoisotopic (exact) mass is 212 g/mol. The van der Waals surface area contributed by atoms with Gasteiger partial charge in [-0.1, -0.05) is 20.8 Å². The van der Waals surface area contributed by atoms with E-state index in [4.69, 9.17) is 5.73 Å². The van der Waals surface area contributed by atoms with Gasteiger partial charge in [0.1, 0.15) is 6.54 Å². The van der Waals surface area contributed by atoms with Gasteiger partial charge in [-0.25, -0.2) is 0 Å². The largest absolute Gasteiger partial charge is 0.390 e. The molecule has 1 aromatic heterocycles. The van der Waals surface area contributed by atoms with Crippen molar-refractivity contribution in [1.29, 1.82) is 0 Å². The lowest BCUT2D eigenvalue weighted by atomic mass is 9.89. The molecule has 0 bridgehead atoms. The molecule has 0 saturated carbocycles. The minimum Gasteiger partial charge on any atom is -0.390 e. The first-order valence-corrected chi connectivity index (χ1v) is 5.27. The lowest BCUT2D eigenvalue weighted by Crippen LogP contribution is -2.43. The summed E-state index contributed by atoms with van der Waals surface area (Å²) in [6.45, 7) is 7.23. The van der Waals surface area contributed by atoms with E-state index in [0.717, 1.165) is 5.56 Å². The zero-order valence-corrected chi connectivity index (χ0v) is 10.1. The first-order chi connectivity index (χ1) is 6.84. The third-order valence-corrected chi connectivity index (χ3v) is 2.67. The number of nitrogens with zero attached hydrogens (tertiary/aromatic N) is 2. The van der Waals surface area contributed by atoms with E-state index >= 15 is 0 Å². The standard InChI is InChI=1S/C11H22N3O/c1-11(2,3)10(15)8-14-7-9(5-12)6-13(14)4/h6-7,10,15H,5,8,12H2,1-4H3/q+1. The van der Waals surface area contributed by atoms with Gasteiger partial charge in [0.25, 0.3) is 0 Å². The summed E-state index contributed by atoms with van der Waals surface area (Å²) in [7, 11) is 1.95. The highest BCUT2D eigenvalue weighted by atomic mass is 16.3. The lowest BCUT2D eigenvalue weighted by Gasteiger charge is -2.24. The topological polar surface area (TPSA) is 55.1 Å². The Kier molecular flexibility index (Phi) is 3.52. The van der Waals surface area contributed by atoms with E-state index < -0.39 is 0 Å². The molecular formula is C11H22N3O+. The Labute approximate surface area is 91.3 Å². The second-order valence-electron chi connectivity index (χ2n) is 5.11. The van der Waals surface area contributed by atoms with Crippen LogP contribution in [0.1, 0.15) is 26.3 Å². The third-order valence-electron chi connectivity index (χ3n) is 2.67. The molecule has 3 N–H and O–H groups in total. The molecule has 15 heavy (non-hydrogen) atoms. The summed E-state index contributed by atoms with van der Waals surface area (Å²) >= 11 is 0. The second-order valence-corrected chi connectivity index (χ2v) is 5.11. The Morgan fingerprint density at radius 3 is 2.53 bits per heavy atom. The van der Waals surface area contributed by atoms with E-state index in [-0.39, 0.29) is 11.5 Å². The van der Waals surface area contributed by atoms with E-state index in [1.54, 1.807) is 0 Å². The molecule has 0 aliphatic rings. The zero-order valence-electron chi connectivity index (χ0n) is 10.1. The summed E-state index contributed by atoms with van der Waals surface area (Å²) in [6, 6.07) is 0. The maximum absolute atomic E-state index is 9.98. The number of aryl methyl sites for hydroxylation is 1. The molecule has 0 radical (unpaired) electrons. The minimum atomic E-state index is -0.360. The Hall–Kier alpha value is -0.870. The van der Waals surface area contributed by atoms with Crippen LogP contribution < -0.4 is 10.4 Å². The van der Waals surface area contributed by atoms with Crippen molar-refractivity contribution in [1.82, 2.24) is 4.68 Å². The highest BCUT2D eigenvalue weighted by Gasteiger charge is 2.24. The van der Waals surface area contributed by atoms with E-state index in [1.165, 1.54) is 0 Å². The van der Waals surface area contributed by atoms with Crippen molar-refractivity contribution in [3.05, 3.63) is 18.0 Å². The molecule has 4 heteroatoms. The number of rotatable bonds is 3. The van der Waals surface area contributed by atoms with Crippen LogP contribution in [0.2, 0.25) is 0 Å². The molecule has 1 rings (SSSR count). The maximum atomic E-state index is 9.98. The van der Waals surface area contributed by atoms with E-state index in [0.29, 0.717) is 13.1 Å². The summed E-state index contributed by atoms with van der Waals surface area (Å²) in [6.07, 6.45) is 3.60. The van der Waals surface area contributed by atoms with Gasteiger partial charge in [-0.3, -0.25) is 0 Å². The molecule has 0 fully saturated rings. The van der Waals surface area contributed by atoms with Crippen LogP contribution in [0.15, 0.2) is 12.4 Å². The molecule has 4 nitrogen and oxygen atoms in total. The van der Waals surface area contributed by atoms with Gasteiger partial charge in [-0.15, -0.1) is 4.68 Å². The van der Waals surface area contributed by atoms with Crippen molar-refractivity contribution in [3.63, 3.8) is 0 Å². The molecule has 86 valence electrons. The Morgan fingerprint density at radius 1 is 1.53 bits per heavy atom. The maximum Gasteiger partial charge on any atom is 0.199 e. The van der Waals surface area contributed by atoms with Crippen LogP contribution in [0.4, 0.5) is 0 Å². The van der Waals surface area contributed by atoms with Gasteiger partial charge in [-0.05, 0) is 5.41 Å². The molecule has 1 heterocycles. The molecule has 0 aromatic carbocycles. The fourth-order valence-electron chi connectivity index (χ4n) is 1.37. The Morgan fingerprint density at radius 2 is 2.13 bits per heavy atom. The van der Waals surface area contributed by atoms with E-state index in [1.807, 2.05) is 49.6 Å². The molecule has 0 aliphatic carbocycles. The minimum absolute atomic E-state index is 0.0971. The smallest absolute Gasteiger partial charge is 0.199 e. The average molecular weight is 212 g/mol. The summed E-state index contributed by atoms with van der Waals surface area (Å²) in [4.78, 5) is 0. The number of aromatic nitrogens is 2. The normalized spacial score (nSPS) is 14.3. The molecule has 1 unspecified atom stereocenters. The summed E-state index contributed by atoms with van der Waals surface area (Å²) in [5, 5.41) is 9.98. The van der Waals surface area contributed by atoms with Gasteiger partial charge in [-0.2, -0.15) is 4.68 Å². The van der Waals surface area contributed by atoms with E-state index in [9.17, 15) is 5.11 Å². The Balaban J connectivity index is 2.76. The van der Waals surface area contributed by atoms with Crippen LogP contribution in [0.3, 0.4) is 0 Å². The molecular weight excluding hydrogens is 190 g/mol. The zero-order chi connectivity index (χ0) is 11.6. The van der Waals surface area contributed by atoms with Crippen LogP contribution in [0, 0.1) is 5.41 Å². The van der Waals surface area contributed by atoms with Crippen LogP contribution in [-0.2, 0) is 20.1 Å². The van der Waals surface area contributed by atoms with Crippen molar-refractivity contribution in [2.24, 2.45) is 18.2 Å². The number of aliphatic hydroxyl groups is 1. The van der Waals surface area contributed by atoms with Gasteiger partial charge in [0.2, 0.25) is 0 Å². The van der Waals surface area contributed by atoms with Crippen molar-refractivity contribution in [2.45, 2.75) is 40.0 Å². The first-order valence-electron chi connectivity index (χ1n) is 5.27. The van der Waals surface area contributed by atoms with E-state index in [2.05, 4.69) is 0 Å². The second kappa shape index (κ2) is 4.33. The van der Waals surface area contributed by atoms with Crippen LogP contribution in [-0.4, -0.2) is 15.9 Å². The summed E-state index contributed by atoms with van der Waals surface area (Å²) in [5.74, 6) is 0. The first kappa shape index (κ1) is 12.2. The van der Waals surface area contributed by atoms with Crippen molar-refractivity contribution in [2.75, 3.05) is 0 Å². The molecule has 1 aromatic rings. The van der Waals surface area contributed by atoms with Gasteiger partial charge in [0.05, 0.1) is 17.9 Å². The Bertz CT molecular complexity index is 325. The SMILES string of the molecule is C[n+]1cc(CN)cn1CC(O)C(C)(C)C. The lowest BCUT2D eigenvalue weighted by molar-refractivity contribution is -0.754. The van der Waals surface area contributed by atoms with Gasteiger partial charge < -0.3 is 10.8 Å². The third kappa shape index (κ3) is 3.04. The average Bonchev–Trinajstić information content (AvgIpc) is 2.45. The van der Waals surface area contributed by atoms with Crippen LogP contribution in [0.5, 0.6) is 0 Å². The molecule has 0 spiro atoms. The van der Waals surface area contributed by atoms with Gasteiger partial charge in [0, 0.05) is 6.54 Å². The number of hydrogen-bond acceptors (Lipinski definition) is 2. The predicted molar refractivity (Wildman–Crippen MR) is 59.0 cm³/mol. The molecule has 0 aliphatic heterocycles. The van der Waals surface area contributed by atoms with Crippen LogP contribution >= 0.6 is 0 Å². The van der Waals surface area contributed by atoms with Crippen LogP contribution in [0.25, 0.3) is 0 Å². The van der Waals surface area contributed by atoms with Crippen molar-refractivity contribution in [3.8, 4) is 0 Å². The van der Waals surface area contributed by atoms with Gasteiger partial charge >= 0.3 is 0 Å². The predicted octanol–water partition coefficient (Wildman–Crippen LogP) is 0.178. The number of hydrogen-bond donors (Lipinski definition) is 2. The molecule has 1 atom stereocenters. The quantitative estimate of drug-likeness (QED) is 0.702. The number of aliphatic hydroxyl groups excluding tert-OH is 1. The summed E-state index contributed by atoms with van der Waals surface area (Å²) in [5.41, 5.74) is 6.54. The van der Waals surface area contributed by atoms with Crippen molar-refractivity contribution >= 4 is 0 Å². The molecule has 0 amide bonds.